The lowest BCUT2D eigenvalue weighted by Gasteiger charge is -2.34. The molecular formula is C23H33N3O2+2. The van der Waals surface area contributed by atoms with Gasteiger partial charge in [-0.25, -0.2) is 0 Å². The zero-order chi connectivity index (χ0) is 19.9. The number of benzene rings is 2. The van der Waals surface area contributed by atoms with Gasteiger partial charge in [0.2, 0.25) is 0 Å². The van der Waals surface area contributed by atoms with Gasteiger partial charge in [-0.2, -0.15) is 0 Å². The number of hydrogen-bond acceptors (Lipinski definition) is 2. The molecule has 1 fully saturated rings. The highest BCUT2D eigenvalue weighted by atomic mass is 16.5. The van der Waals surface area contributed by atoms with Crippen LogP contribution in [0.5, 0.6) is 5.75 Å². The minimum atomic E-state index is -0.0538. The third-order valence-corrected chi connectivity index (χ3v) is 5.81. The van der Waals surface area contributed by atoms with Crippen molar-refractivity contribution in [3.8, 4) is 5.75 Å². The summed E-state index contributed by atoms with van der Waals surface area (Å²) in [6.45, 7) is 7.61. The van der Waals surface area contributed by atoms with Gasteiger partial charge in [0.25, 0.3) is 5.91 Å². The van der Waals surface area contributed by atoms with Gasteiger partial charge in [-0.05, 0) is 19.1 Å². The second kappa shape index (κ2) is 9.71. The number of nitrogens with zero attached hydrogens (tertiary/aromatic N) is 1. The van der Waals surface area contributed by atoms with E-state index in [1.165, 1.54) is 16.0 Å². The summed E-state index contributed by atoms with van der Waals surface area (Å²) in [4.78, 5) is 17.8. The van der Waals surface area contributed by atoms with Gasteiger partial charge in [0, 0.05) is 11.1 Å². The summed E-state index contributed by atoms with van der Waals surface area (Å²) < 4.78 is 5.31. The van der Waals surface area contributed by atoms with Crippen LogP contribution < -0.4 is 14.5 Å². The molecule has 2 aromatic carbocycles. The molecule has 5 heteroatoms. The number of amides is 1. The van der Waals surface area contributed by atoms with E-state index in [0.29, 0.717) is 0 Å². The summed E-state index contributed by atoms with van der Waals surface area (Å²) >= 11 is 0. The van der Waals surface area contributed by atoms with E-state index in [0.717, 1.165) is 45.0 Å². The predicted octanol–water partition coefficient (Wildman–Crippen LogP) is 0.0257. The Morgan fingerprint density at radius 3 is 2.46 bits per heavy atom. The first-order chi connectivity index (χ1) is 13.6. The number of hydrogen-bond donors (Lipinski definition) is 2. The van der Waals surface area contributed by atoms with E-state index in [2.05, 4.69) is 43.4 Å². The van der Waals surface area contributed by atoms with E-state index in [1.807, 2.05) is 30.0 Å². The van der Waals surface area contributed by atoms with E-state index in [-0.39, 0.29) is 11.9 Å². The molecule has 150 valence electrons. The number of likely N-dealkylation sites (N-methyl/N-ethyl adjacent to an activating group) is 1. The normalized spacial score (nSPS) is 17.2. The van der Waals surface area contributed by atoms with Gasteiger partial charge in [0.15, 0.2) is 6.04 Å². The fraction of sp³-hybridized carbons (Fsp3) is 0.435. The molecule has 0 spiro atoms. The maximum absolute atomic E-state index is 13.0. The fourth-order valence-corrected chi connectivity index (χ4v) is 3.85. The highest BCUT2D eigenvalue weighted by molar-refractivity contribution is 5.80. The molecule has 0 aliphatic carbocycles. The van der Waals surface area contributed by atoms with Crippen LogP contribution in [-0.2, 0) is 17.9 Å². The van der Waals surface area contributed by atoms with Crippen molar-refractivity contribution in [2.45, 2.75) is 26.1 Å². The molecule has 5 nitrogen and oxygen atoms in total. The maximum atomic E-state index is 13.0. The average molecular weight is 384 g/mol. The number of methoxy groups -OCH3 is 1. The van der Waals surface area contributed by atoms with Gasteiger partial charge in [-0.3, -0.25) is 4.79 Å². The highest BCUT2D eigenvalue weighted by Gasteiger charge is 2.31. The van der Waals surface area contributed by atoms with Gasteiger partial charge in [0.05, 0.1) is 40.3 Å². The van der Waals surface area contributed by atoms with E-state index in [9.17, 15) is 4.79 Å². The van der Waals surface area contributed by atoms with Crippen molar-refractivity contribution >= 4 is 5.91 Å². The molecule has 1 unspecified atom stereocenters. The standard InChI is InChI=1S/C23H31N3O2/c1-19(24(2)17-21-10-7-11-22(16-21)28-3)23(27)26-14-12-25(13-15-26)18-20-8-5-4-6-9-20/h4-11,16,19H,12-15,17-18H2,1-3H3/p+2/t19-/m0/s1. The van der Waals surface area contributed by atoms with E-state index in [1.54, 1.807) is 12.0 Å². The summed E-state index contributed by atoms with van der Waals surface area (Å²) in [6.07, 6.45) is 0. The zero-order valence-electron chi connectivity index (χ0n) is 17.3. The van der Waals surface area contributed by atoms with Crippen molar-refractivity contribution < 1.29 is 19.3 Å². The number of piperazine rings is 1. The molecule has 0 bridgehead atoms. The predicted molar refractivity (Wildman–Crippen MR) is 110 cm³/mol. The van der Waals surface area contributed by atoms with Crippen LogP contribution >= 0.6 is 0 Å². The molecule has 0 aromatic heterocycles. The quantitative estimate of drug-likeness (QED) is 0.708. The van der Waals surface area contributed by atoms with Gasteiger partial charge >= 0.3 is 0 Å². The number of carbonyl (C=O) groups is 1. The number of rotatable bonds is 7. The van der Waals surface area contributed by atoms with Crippen molar-refractivity contribution in [2.75, 3.05) is 40.3 Å². The average Bonchev–Trinajstić information content (AvgIpc) is 2.74. The Morgan fingerprint density at radius 1 is 1.11 bits per heavy atom. The molecule has 1 heterocycles. The second-order valence-electron chi connectivity index (χ2n) is 7.83. The smallest absolute Gasteiger partial charge is 0.280 e. The van der Waals surface area contributed by atoms with Crippen LogP contribution in [0.1, 0.15) is 18.1 Å². The molecular weight excluding hydrogens is 350 g/mol. The van der Waals surface area contributed by atoms with Gasteiger partial charge in [-0.15, -0.1) is 0 Å². The monoisotopic (exact) mass is 383 g/mol. The molecule has 1 saturated heterocycles. The summed E-state index contributed by atoms with van der Waals surface area (Å²) in [7, 11) is 3.78. The van der Waals surface area contributed by atoms with Gasteiger partial charge in [0.1, 0.15) is 18.8 Å². The van der Waals surface area contributed by atoms with Crippen LogP contribution in [0.2, 0.25) is 0 Å². The van der Waals surface area contributed by atoms with Crippen LogP contribution in [0, 0.1) is 0 Å². The Balaban J connectivity index is 1.49. The summed E-state index contributed by atoms with van der Waals surface area (Å²) in [5.74, 6) is 1.13. The molecule has 1 aliphatic heterocycles. The van der Waals surface area contributed by atoms with Gasteiger partial charge in [-0.1, -0.05) is 42.5 Å². The largest absolute Gasteiger partial charge is 0.497 e. The van der Waals surface area contributed by atoms with Crippen LogP contribution in [0.15, 0.2) is 54.6 Å². The first-order valence-electron chi connectivity index (χ1n) is 10.2. The number of ether oxygens (including phenoxy) is 1. The SMILES string of the molecule is COc1cccc(C[NH+](C)[C@@H](C)C(=O)N2CC[NH+](Cc3ccccc3)CC2)c1. The Kier molecular flexibility index (Phi) is 7.06. The third-order valence-electron chi connectivity index (χ3n) is 5.81. The van der Waals surface area contributed by atoms with Crippen LogP contribution in [0.4, 0.5) is 0 Å². The Hall–Kier alpha value is -2.37. The number of nitrogens with one attached hydrogen (secondary N) is 2. The topological polar surface area (TPSA) is 38.4 Å². The van der Waals surface area contributed by atoms with E-state index < -0.39 is 0 Å². The molecule has 0 radical (unpaired) electrons. The number of carbonyl (C=O) groups excluding carboxylic acids is 1. The minimum absolute atomic E-state index is 0.0538. The summed E-state index contributed by atoms with van der Waals surface area (Å²) in [6, 6.07) is 18.7. The Bertz CT molecular complexity index is 757. The number of quaternary nitrogens is 2. The fourth-order valence-electron chi connectivity index (χ4n) is 3.85. The van der Waals surface area contributed by atoms with E-state index >= 15 is 0 Å². The molecule has 2 aromatic rings. The molecule has 0 saturated carbocycles. The van der Waals surface area contributed by atoms with Crippen molar-refractivity contribution in [1.29, 1.82) is 0 Å². The summed E-state index contributed by atoms with van der Waals surface area (Å²) in [5, 5.41) is 0. The molecule has 1 aliphatic rings. The van der Waals surface area contributed by atoms with Crippen LogP contribution in [0.25, 0.3) is 0 Å². The lowest BCUT2D eigenvalue weighted by molar-refractivity contribution is -0.918. The molecule has 3 rings (SSSR count). The highest BCUT2D eigenvalue weighted by Crippen LogP contribution is 2.11. The Morgan fingerprint density at radius 2 is 1.79 bits per heavy atom. The van der Waals surface area contributed by atoms with Crippen molar-refractivity contribution in [2.24, 2.45) is 0 Å². The molecule has 28 heavy (non-hydrogen) atoms. The molecule has 1 amide bonds. The minimum Gasteiger partial charge on any atom is -0.497 e. The summed E-state index contributed by atoms with van der Waals surface area (Å²) in [5.41, 5.74) is 2.56. The maximum Gasteiger partial charge on any atom is 0.280 e. The second-order valence-corrected chi connectivity index (χ2v) is 7.83. The van der Waals surface area contributed by atoms with E-state index in [4.69, 9.17) is 4.74 Å². The zero-order valence-corrected chi connectivity index (χ0v) is 17.3. The van der Waals surface area contributed by atoms with Crippen molar-refractivity contribution in [1.82, 2.24) is 4.90 Å². The first-order valence-corrected chi connectivity index (χ1v) is 10.2. The lowest BCUT2D eigenvalue weighted by atomic mass is 10.1. The van der Waals surface area contributed by atoms with Gasteiger partial charge < -0.3 is 19.4 Å². The Labute approximate surface area is 168 Å². The van der Waals surface area contributed by atoms with Crippen molar-refractivity contribution in [3.63, 3.8) is 0 Å². The lowest BCUT2D eigenvalue weighted by Crippen LogP contribution is -3.14. The van der Waals surface area contributed by atoms with Crippen LogP contribution in [-0.4, -0.2) is 57.2 Å². The van der Waals surface area contributed by atoms with Crippen LogP contribution in [0.3, 0.4) is 0 Å². The third kappa shape index (κ3) is 5.33. The van der Waals surface area contributed by atoms with Crippen molar-refractivity contribution in [3.05, 3.63) is 65.7 Å². The molecule has 2 N–H and O–H groups in total. The first kappa shape index (κ1) is 20.4. The molecule has 2 atom stereocenters.